The minimum Gasteiger partial charge on any atom is -0.345 e. The first kappa shape index (κ1) is 16.9. The topological polar surface area (TPSA) is 51.9 Å². The second-order valence-electron chi connectivity index (χ2n) is 7.28. The SMILES string of the molecule is CCn1c([C@H](C)NC(=O)c2cc(C)n(C3CC3)c2C)nc2ccccc21. The van der Waals surface area contributed by atoms with Crippen molar-refractivity contribution in [2.24, 2.45) is 0 Å². The number of hydrogen-bond donors (Lipinski definition) is 1. The molecule has 1 atom stereocenters. The Hall–Kier alpha value is -2.56. The molecule has 1 amide bonds. The second-order valence-corrected chi connectivity index (χ2v) is 7.28. The van der Waals surface area contributed by atoms with Gasteiger partial charge in [0.05, 0.1) is 22.6 Å². The fourth-order valence-electron chi connectivity index (χ4n) is 4.00. The van der Waals surface area contributed by atoms with Gasteiger partial charge < -0.3 is 14.5 Å². The number of nitrogens with one attached hydrogen (secondary N) is 1. The molecule has 0 bridgehead atoms. The van der Waals surface area contributed by atoms with Crippen molar-refractivity contribution in [3.05, 3.63) is 53.1 Å². The maximum atomic E-state index is 12.9. The highest BCUT2D eigenvalue weighted by Gasteiger charge is 2.29. The van der Waals surface area contributed by atoms with Gasteiger partial charge in [0.25, 0.3) is 5.91 Å². The first-order valence-electron chi connectivity index (χ1n) is 9.45. The fourth-order valence-corrected chi connectivity index (χ4v) is 4.00. The average Bonchev–Trinajstić information content (AvgIpc) is 3.30. The van der Waals surface area contributed by atoms with Crippen LogP contribution in [0.3, 0.4) is 0 Å². The van der Waals surface area contributed by atoms with E-state index in [0.717, 1.165) is 34.7 Å². The summed E-state index contributed by atoms with van der Waals surface area (Å²) in [5.41, 5.74) is 5.10. The number of hydrogen-bond acceptors (Lipinski definition) is 2. The van der Waals surface area contributed by atoms with Crippen LogP contribution in [0.5, 0.6) is 0 Å². The van der Waals surface area contributed by atoms with Crippen molar-refractivity contribution >= 4 is 16.9 Å². The zero-order valence-corrected chi connectivity index (χ0v) is 15.9. The third kappa shape index (κ3) is 2.71. The van der Waals surface area contributed by atoms with Crippen molar-refractivity contribution in [1.29, 1.82) is 0 Å². The first-order chi connectivity index (χ1) is 12.5. The Labute approximate surface area is 154 Å². The van der Waals surface area contributed by atoms with Gasteiger partial charge in [0.1, 0.15) is 5.82 Å². The summed E-state index contributed by atoms with van der Waals surface area (Å²) < 4.78 is 4.48. The summed E-state index contributed by atoms with van der Waals surface area (Å²) >= 11 is 0. The van der Waals surface area contributed by atoms with Crippen LogP contribution in [0.2, 0.25) is 0 Å². The number of nitrogens with zero attached hydrogens (tertiary/aromatic N) is 3. The van der Waals surface area contributed by atoms with Gasteiger partial charge in [0, 0.05) is 24.0 Å². The number of carbonyl (C=O) groups is 1. The summed E-state index contributed by atoms with van der Waals surface area (Å²) in [6, 6.07) is 10.6. The Bertz CT molecular complexity index is 977. The van der Waals surface area contributed by atoms with E-state index < -0.39 is 0 Å². The van der Waals surface area contributed by atoms with Gasteiger partial charge in [0.2, 0.25) is 0 Å². The van der Waals surface area contributed by atoms with Gasteiger partial charge in [0.15, 0.2) is 0 Å². The molecule has 5 heteroatoms. The van der Waals surface area contributed by atoms with Crippen LogP contribution in [0, 0.1) is 13.8 Å². The lowest BCUT2D eigenvalue weighted by Gasteiger charge is -2.15. The Kier molecular flexibility index (Phi) is 4.10. The van der Waals surface area contributed by atoms with Crippen LogP contribution in [0.15, 0.2) is 30.3 Å². The van der Waals surface area contributed by atoms with Gasteiger partial charge in [-0.3, -0.25) is 4.79 Å². The molecular weight excluding hydrogens is 324 g/mol. The predicted octanol–water partition coefficient (Wildman–Crippen LogP) is 4.30. The van der Waals surface area contributed by atoms with Crippen LogP contribution in [0.1, 0.15) is 66.3 Å². The van der Waals surface area contributed by atoms with Crippen LogP contribution >= 0.6 is 0 Å². The molecule has 26 heavy (non-hydrogen) atoms. The van der Waals surface area contributed by atoms with Crippen LogP contribution < -0.4 is 5.32 Å². The zero-order chi connectivity index (χ0) is 18.4. The Morgan fingerprint density at radius 2 is 2.04 bits per heavy atom. The summed E-state index contributed by atoms with van der Waals surface area (Å²) in [6.45, 7) is 9.07. The third-order valence-corrected chi connectivity index (χ3v) is 5.38. The highest BCUT2D eigenvalue weighted by Crippen LogP contribution is 2.38. The summed E-state index contributed by atoms with van der Waals surface area (Å²) in [6.07, 6.45) is 2.43. The van der Waals surface area contributed by atoms with Gasteiger partial charge in [-0.1, -0.05) is 12.1 Å². The van der Waals surface area contributed by atoms with Crippen molar-refractivity contribution in [2.75, 3.05) is 0 Å². The Morgan fingerprint density at radius 1 is 1.31 bits per heavy atom. The number of para-hydroxylation sites is 2. The highest BCUT2D eigenvalue weighted by molar-refractivity contribution is 5.96. The summed E-state index contributed by atoms with van der Waals surface area (Å²) in [5.74, 6) is 0.880. The summed E-state index contributed by atoms with van der Waals surface area (Å²) in [4.78, 5) is 17.7. The number of aromatic nitrogens is 3. The molecule has 0 spiro atoms. The summed E-state index contributed by atoms with van der Waals surface area (Å²) in [7, 11) is 0. The van der Waals surface area contributed by atoms with Gasteiger partial charge in [-0.2, -0.15) is 0 Å². The molecule has 3 aromatic rings. The lowest BCUT2D eigenvalue weighted by atomic mass is 10.2. The normalized spacial score (nSPS) is 15.4. The molecule has 1 N–H and O–H groups in total. The highest BCUT2D eigenvalue weighted by atomic mass is 16.1. The third-order valence-electron chi connectivity index (χ3n) is 5.38. The van der Waals surface area contributed by atoms with Gasteiger partial charge >= 0.3 is 0 Å². The molecule has 1 aliphatic rings. The van der Waals surface area contributed by atoms with Crippen LogP contribution in [-0.2, 0) is 6.54 Å². The molecule has 1 aliphatic carbocycles. The molecule has 0 saturated heterocycles. The number of rotatable bonds is 5. The molecule has 2 heterocycles. The fraction of sp³-hybridized carbons (Fsp3) is 0.429. The number of carbonyl (C=O) groups excluding carboxylic acids is 1. The molecule has 2 aromatic heterocycles. The van der Waals surface area contributed by atoms with Crippen molar-refractivity contribution < 1.29 is 4.79 Å². The molecule has 1 fully saturated rings. The number of aryl methyl sites for hydroxylation is 2. The first-order valence-corrected chi connectivity index (χ1v) is 9.45. The monoisotopic (exact) mass is 350 g/mol. The Balaban J connectivity index is 1.61. The van der Waals surface area contributed by atoms with E-state index in [2.05, 4.69) is 34.4 Å². The predicted molar refractivity (Wildman–Crippen MR) is 103 cm³/mol. The summed E-state index contributed by atoms with van der Waals surface area (Å²) in [5, 5.41) is 3.15. The minimum atomic E-state index is -0.154. The van der Waals surface area contributed by atoms with Crippen molar-refractivity contribution in [3.63, 3.8) is 0 Å². The van der Waals surface area contributed by atoms with E-state index in [1.807, 2.05) is 38.1 Å². The van der Waals surface area contributed by atoms with E-state index >= 15 is 0 Å². The molecule has 136 valence electrons. The zero-order valence-electron chi connectivity index (χ0n) is 15.9. The van der Waals surface area contributed by atoms with E-state index in [0.29, 0.717) is 6.04 Å². The van der Waals surface area contributed by atoms with Gasteiger partial charge in [-0.25, -0.2) is 4.98 Å². The van der Waals surface area contributed by atoms with Gasteiger partial charge in [-0.05, 0) is 58.7 Å². The standard InChI is InChI=1S/C21H26N4O/c1-5-24-19-9-7-6-8-18(19)23-20(24)14(3)22-21(26)17-12-13(2)25(15(17)4)16-10-11-16/h6-9,12,14,16H,5,10-11H2,1-4H3,(H,22,26)/t14-/m0/s1. The molecular formula is C21H26N4O. The Morgan fingerprint density at radius 3 is 2.73 bits per heavy atom. The maximum Gasteiger partial charge on any atom is 0.253 e. The number of fused-ring (bicyclic) bond motifs is 1. The number of imidazole rings is 1. The van der Waals surface area contributed by atoms with E-state index in [9.17, 15) is 4.79 Å². The van der Waals surface area contributed by atoms with E-state index in [4.69, 9.17) is 4.98 Å². The molecule has 5 nitrogen and oxygen atoms in total. The quantitative estimate of drug-likeness (QED) is 0.746. The molecule has 0 unspecified atom stereocenters. The lowest BCUT2D eigenvalue weighted by Crippen LogP contribution is -2.29. The maximum absolute atomic E-state index is 12.9. The smallest absolute Gasteiger partial charge is 0.253 e. The van der Waals surface area contributed by atoms with E-state index in [-0.39, 0.29) is 11.9 Å². The van der Waals surface area contributed by atoms with Gasteiger partial charge in [-0.15, -0.1) is 0 Å². The largest absolute Gasteiger partial charge is 0.345 e. The number of amides is 1. The average molecular weight is 350 g/mol. The van der Waals surface area contributed by atoms with Crippen LogP contribution in [-0.4, -0.2) is 20.0 Å². The van der Waals surface area contributed by atoms with Crippen molar-refractivity contribution in [1.82, 2.24) is 19.4 Å². The molecule has 4 rings (SSSR count). The van der Waals surface area contributed by atoms with Crippen molar-refractivity contribution in [2.45, 2.75) is 59.2 Å². The molecule has 0 aliphatic heterocycles. The molecule has 0 radical (unpaired) electrons. The van der Waals surface area contributed by atoms with E-state index in [1.165, 1.54) is 18.5 Å². The molecule has 1 saturated carbocycles. The molecule has 1 aromatic carbocycles. The van der Waals surface area contributed by atoms with Crippen LogP contribution in [0.4, 0.5) is 0 Å². The second kappa shape index (κ2) is 6.31. The van der Waals surface area contributed by atoms with Crippen LogP contribution in [0.25, 0.3) is 11.0 Å². The lowest BCUT2D eigenvalue weighted by molar-refractivity contribution is 0.0937. The van der Waals surface area contributed by atoms with Crippen molar-refractivity contribution in [3.8, 4) is 0 Å². The number of benzene rings is 1. The van der Waals surface area contributed by atoms with E-state index in [1.54, 1.807) is 0 Å². The minimum absolute atomic E-state index is 0.0211.